The summed E-state index contributed by atoms with van der Waals surface area (Å²) in [6, 6.07) is -0.810. The Balaban J connectivity index is 4.48. The molecule has 0 saturated heterocycles. The fraction of sp³-hybridized carbons (Fsp3) is 0.667. The Labute approximate surface area is 102 Å². The van der Waals surface area contributed by atoms with Crippen LogP contribution in [0.3, 0.4) is 0 Å². The van der Waals surface area contributed by atoms with E-state index in [2.05, 4.69) is 10.1 Å². The van der Waals surface area contributed by atoms with Crippen molar-refractivity contribution >= 4 is 12.1 Å². The van der Waals surface area contributed by atoms with Crippen LogP contribution in [0.5, 0.6) is 0 Å². The fourth-order valence-electron chi connectivity index (χ4n) is 1.02. The summed E-state index contributed by atoms with van der Waals surface area (Å²) in [5.74, 6) is -0.527. The number of methoxy groups -OCH3 is 1. The highest BCUT2D eigenvalue weighted by Gasteiger charge is 2.22. The quantitative estimate of drug-likeness (QED) is 0.606. The van der Waals surface area contributed by atoms with Crippen molar-refractivity contribution in [3.63, 3.8) is 0 Å². The number of alkyl carbamates (subject to hydrolysis) is 1. The molecule has 0 aromatic rings. The van der Waals surface area contributed by atoms with Gasteiger partial charge in [0.15, 0.2) is 0 Å². The summed E-state index contributed by atoms with van der Waals surface area (Å²) in [7, 11) is 1.27. The molecule has 0 rings (SSSR count). The second kappa shape index (κ2) is 6.93. The van der Waals surface area contributed by atoms with Gasteiger partial charge in [0.2, 0.25) is 0 Å². The maximum Gasteiger partial charge on any atom is 0.408 e. The fourth-order valence-corrected chi connectivity index (χ4v) is 1.02. The van der Waals surface area contributed by atoms with Crippen molar-refractivity contribution in [3.05, 3.63) is 12.2 Å². The van der Waals surface area contributed by atoms with Crippen LogP contribution in [0.15, 0.2) is 12.2 Å². The molecule has 0 heterocycles. The van der Waals surface area contributed by atoms with E-state index in [0.717, 1.165) is 6.42 Å². The van der Waals surface area contributed by atoms with Crippen molar-refractivity contribution in [1.29, 1.82) is 0 Å². The lowest BCUT2D eigenvalue weighted by molar-refractivity contribution is -0.141. The van der Waals surface area contributed by atoms with E-state index in [0.29, 0.717) is 0 Å². The number of amides is 1. The normalized spacial score (nSPS) is 13.2. The van der Waals surface area contributed by atoms with E-state index >= 15 is 0 Å². The number of carbonyl (C=O) groups is 2. The first kappa shape index (κ1) is 15.5. The third kappa shape index (κ3) is 7.38. The smallest absolute Gasteiger partial charge is 0.408 e. The SMILES string of the molecule is CC/C=C/C(NC(=O)OC(C)(C)C)C(=O)OC. The first-order valence-electron chi connectivity index (χ1n) is 5.54. The Hall–Kier alpha value is -1.52. The molecule has 0 aliphatic carbocycles. The Morgan fingerprint density at radius 1 is 1.35 bits per heavy atom. The van der Waals surface area contributed by atoms with Gasteiger partial charge in [0.05, 0.1) is 7.11 Å². The first-order valence-corrected chi connectivity index (χ1v) is 5.54. The van der Waals surface area contributed by atoms with Gasteiger partial charge in [-0.3, -0.25) is 0 Å². The second-order valence-electron chi connectivity index (χ2n) is 4.48. The molecule has 1 atom stereocenters. The molecular weight excluding hydrogens is 222 g/mol. The van der Waals surface area contributed by atoms with Crippen LogP contribution in [0.25, 0.3) is 0 Å². The topological polar surface area (TPSA) is 64.6 Å². The molecule has 1 unspecified atom stereocenters. The van der Waals surface area contributed by atoms with E-state index in [1.165, 1.54) is 7.11 Å². The van der Waals surface area contributed by atoms with Crippen LogP contribution in [0.4, 0.5) is 4.79 Å². The van der Waals surface area contributed by atoms with Crippen LogP contribution in [0, 0.1) is 0 Å². The molecule has 0 spiro atoms. The number of hydrogen-bond acceptors (Lipinski definition) is 4. The van der Waals surface area contributed by atoms with Gasteiger partial charge in [0, 0.05) is 0 Å². The largest absolute Gasteiger partial charge is 0.467 e. The summed E-state index contributed by atoms with van der Waals surface area (Å²) in [4.78, 5) is 22.9. The molecule has 98 valence electrons. The van der Waals surface area contributed by atoms with E-state index in [4.69, 9.17) is 4.74 Å². The minimum Gasteiger partial charge on any atom is -0.467 e. The average molecular weight is 243 g/mol. The second-order valence-corrected chi connectivity index (χ2v) is 4.48. The van der Waals surface area contributed by atoms with Crippen LogP contribution in [0.1, 0.15) is 34.1 Å². The molecule has 0 aromatic carbocycles. The Kier molecular flexibility index (Phi) is 6.31. The number of nitrogens with one attached hydrogen (secondary N) is 1. The maximum atomic E-state index is 11.5. The zero-order valence-electron chi connectivity index (χ0n) is 11.1. The molecule has 5 nitrogen and oxygen atoms in total. The van der Waals surface area contributed by atoms with Crippen molar-refractivity contribution in [2.24, 2.45) is 0 Å². The van der Waals surface area contributed by atoms with Crippen LogP contribution in [0.2, 0.25) is 0 Å². The number of rotatable bonds is 4. The number of carbonyl (C=O) groups excluding carboxylic acids is 2. The molecule has 0 radical (unpaired) electrons. The molecule has 17 heavy (non-hydrogen) atoms. The minimum absolute atomic E-state index is 0.527. The van der Waals surface area contributed by atoms with Crippen molar-refractivity contribution in [3.8, 4) is 0 Å². The lowest BCUT2D eigenvalue weighted by Crippen LogP contribution is -2.42. The van der Waals surface area contributed by atoms with Gasteiger partial charge in [-0.05, 0) is 27.2 Å². The maximum absolute atomic E-state index is 11.5. The zero-order chi connectivity index (χ0) is 13.5. The van der Waals surface area contributed by atoms with Gasteiger partial charge in [0.25, 0.3) is 0 Å². The number of allylic oxidation sites excluding steroid dienone is 1. The van der Waals surface area contributed by atoms with E-state index in [-0.39, 0.29) is 0 Å². The molecule has 0 bridgehead atoms. The standard InChI is InChI=1S/C12H21NO4/c1-6-7-8-9(10(14)16-5)13-11(15)17-12(2,3)4/h7-9H,6H2,1-5H3,(H,13,15)/b8-7+. The number of hydrogen-bond donors (Lipinski definition) is 1. The lowest BCUT2D eigenvalue weighted by atomic mass is 10.2. The van der Waals surface area contributed by atoms with Crippen LogP contribution >= 0.6 is 0 Å². The van der Waals surface area contributed by atoms with E-state index in [1.54, 1.807) is 32.9 Å². The Bertz CT molecular complexity index is 291. The first-order chi connectivity index (χ1) is 7.80. The van der Waals surface area contributed by atoms with Gasteiger partial charge in [0.1, 0.15) is 11.6 Å². The zero-order valence-corrected chi connectivity index (χ0v) is 11.1. The van der Waals surface area contributed by atoms with Crippen LogP contribution in [-0.4, -0.2) is 30.8 Å². The van der Waals surface area contributed by atoms with Crippen molar-refractivity contribution in [2.75, 3.05) is 7.11 Å². The average Bonchev–Trinajstić information content (AvgIpc) is 2.20. The minimum atomic E-state index is -0.810. The predicted octanol–water partition coefficient (Wildman–Crippen LogP) is 2.02. The summed E-state index contributed by atoms with van der Waals surface area (Å²) in [5, 5.41) is 2.44. The highest BCUT2D eigenvalue weighted by atomic mass is 16.6. The van der Waals surface area contributed by atoms with Gasteiger partial charge in [-0.15, -0.1) is 0 Å². The molecule has 0 saturated carbocycles. The third-order valence-electron chi connectivity index (χ3n) is 1.69. The summed E-state index contributed by atoms with van der Waals surface area (Å²) in [5.41, 5.74) is -0.598. The summed E-state index contributed by atoms with van der Waals surface area (Å²) in [6.07, 6.45) is 3.48. The molecule has 0 aliphatic rings. The summed E-state index contributed by atoms with van der Waals surface area (Å²) in [6.45, 7) is 7.18. The van der Waals surface area contributed by atoms with E-state index in [1.807, 2.05) is 6.92 Å². The Morgan fingerprint density at radius 3 is 2.35 bits per heavy atom. The van der Waals surface area contributed by atoms with Gasteiger partial charge < -0.3 is 14.8 Å². The molecule has 0 aromatic heterocycles. The molecule has 5 heteroatoms. The number of esters is 1. The summed E-state index contributed by atoms with van der Waals surface area (Å²) < 4.78 is 9.63. The molecule has 1 amide bonds. The Morgan fingerprint density at radius 2 is 1.94 bits per heavy atom. The predicted molar refractivity (Wildman–Crippen MR) is 64.6 cm³/mol. The van der Waals surface area contributed by atoms with Crippen LogP contribution < -0.4 is 5.32 Å². The van der Waals surface area contributed by atoms with Gasteiger partial charge >= 0.3 is 12.1 Å². The van der Waals surface area contributed by atoms with Crippen molar-refractivity contribution in [2.45, 2.75) is 45.8 Å². The highest BCUT2D eigenvalue weighted by Crippen LogP contribution is 2.07. The lowest BCUT2D eigenvalue weighted by Gasteiger charge is -2.21. The van der Waals surface area contributed by atoms with Crippen molar-refractivity contribution in [1.82, 2.24) is 5.32 Å². The molecule has 0 fully saturated rings. The molecule has 0 aliphatic heterocycles. The van der Waals surface area contributed by atoms with E-state index in [9.17, 15) is 9.59 Å². The van der Waals surface area contributed by atoms with Gasteiger partial charge in [-0.25, -0.2) is 9.59 Å². The third-order valence-corrected chi connectivity index (χ3v) is 1.69. The number of ether oxygens (including phenoxy) is 2. The van der Waals surface area contributed by atoms with E-state index < -0.39 is 23.7 Å². The monoisotopic (exact) mass is 243 g/mol. The van der Waals surface area contributed by atoms with Gasteiger partial charge in [-0.1, -0.05) is 19.1 Å². The van der Waals surface area contributed by atoms with Gasteiger partial charge in [-0.2, -0.15) is 0 Å². The summed E-state index contributed by atoms with van der Waals surface area (Å²) >= 11 is 0. The highest BCUT2D eigenvalue weighted by molar-refractivity contribution is 5.83. The molecule has 1 N–H and O–H groups in total. The molecular formula is C12H21NO4. The van der Waals surface area contributed by atoms with Crippen LogP contribution in [-0.2, 0) is 14.3 Å². The van der Waals surface area contributed by atoms with Crippen molar-refractivity contribution < 1.29 is 19.1 Å².